The Kier molecular flexibility index (Phi) is 6.37. The van der Waals surface area contributed by atoms with Crippen molar-refractivity contribution in [2.75, 3.05) is 31.3 Å². The zero-order valence-corrected chi connectivity index (χ0v) is 21.9. The van der Waals surface area contributed by atoms with E-state index < -0.39 is 0 Å². The van der Waals surface area contributed by atoms with Crippen LogP contribution >= 0.6 is 0 Å². The van der Waals surface area contributed by atoms with Crippen molar-refractivity contribution < 1.29 is 4.79 Å². The van der Waals surface area contributed by atoms with Crippen molar-refractivity contribution in [2.24, 2.45) is 0 Å². The zero-order chi connectivity index (χ0) is 25.5. The lowest BCUT2D eigenvalue weighted by Crippen LogP contribution is -2.59. The highest BCUT2D eigenvalue weighted by atomic mass is 16.2. The van der Waals surface area contributed by atoms with E-state index in [4.69, 9.17) is 0 Å². The van der Waals surface area contributed by atoms with Gasteiger partial charge in [0.15, 0.2) is 5.43 Å². The fourth-order valence-electron chi connectivity index (χ4n) is 6.50. The van der Waals surface area contributed by atoms with E-state index in [1.54, 1.807) is 19.2 Å². The molecular weight excluding hydrogens is 460 g/mol. The highest BCUT2D eigenvalue weighted by Crippen LogP contribution is 2.38. The van der Waals surface area contributed by atoms with E-state index in [-0.39, 0.29) is 23.4 Å². The van der Waals surface area contributed by atoms with Crippen molar-refractivity contribution in [1.29, 1.82) is 0 Å². The van der Waals surface area contributed by atoms with E-state index in [2.05, 4.69) is 65.4 Å². The Bertz CT molecular complexity index is 1330. The number of pyridine rings is 1. The SMILES string of the molecule is Cc1c2n(ccc1=O)N(C1c3ccccc3CCc3ccccc31)CN(C(C)CN1CCCCC1)C2=O. The summed E-state index contributed by atoms with van der Waals surface area (Å²) in [4.78, 5) is 31.2. The Balaban J connectivity index is 1.48. The van der Waals surface area contributed by atoms with Gasteiger partial charge in [-0.2, -0.15) is 0 Å². The number of aromatic nitrogens is 1. The third kappa shape index (κ3) is 4.27. The predicted molar refractivity (Wildman–Crippen MR) is 147 cm³/mol. The van der Waals surface area contributed by atoms with Gasteiger partial charge in [0.25, 0.3) is 5.91 Å². The van der Waals surface area contributed by atoms with Crippen LogP contribution in [0.2, 0.25) is 0 Å². The number of likely N-dealkylation sites (tertiary alicyclic amines) is 1. The van der Waals surface area contributed by atoms with Crippen LogP contribution in [0.25, 0.3) is 0 Å². The quantitative estimate of drug-likeness (QED) is 0.541. The molecule has 1 saturated heterocycles. The first-order valence-electron chi connectivity index (χ1n) is 13.7. The van der Waals surface area contributed by atoms with Gasteiger partial charge in [0.2, 0.25) is 0 Å². The molecule has 1 fully saturated rings. The summed E-state index contributed by atoms with van der Waals surface area (Å²) in [6.07, 6.45) is 7.51. The number of hydrogen-bond donors (Lipinski definition) is 0. The monoisotopic (exact) mass is 496 g/mol. The second-order valence-electron chi connectivity index (χ2n) is 10.9. The first kappa shape index (κ1) is 24.0. The summed E-state index contributed by atoms with van der Waals surface area (Å²) in [5.41, 5.74) is 6.14. The van der Waals surface area contributed by atoms with Crippen molar-refractivity contribution in [3.05, 3.63) is 105 Å². The van der Waals surface area contributed by atoms with Crippen LogP contribution in [0.15, 0.2) is 65.6 Å². The molecule has 6 rings (SSSR count). The highest BCUT2D eigenvalue weighted by molar-refractivity contribution is 5.95. The number of nitrogens with zero attached hydrogens (tertiary/aromatic N) is 4. The lowest BCUT2D eigenvalue weighted by Gasteiger charge is -2.47. The number of benzene rings is 2. The maximum absolute atomic E-state index is 14.0. The summed E-state index contributed by atoms with van der Waals surface area (Å²) < 4.78 is 1.97. The summed E-state index contributed by atoms with van der Waals surface area (Å²) in [6, 6.07) is 19.0. The second-order valence-corrected chi connectivity index (χ2v) is 10.9. The fraction of sp³-hybridized carbons (Fsp3) is 0.419. The molecule has 6 nitrogen and oxygen atoms in total. The summed E-state index contributed by atoms with van der Waals surface area (Å²) in [7, 11) is 0. The van der Waals surface area contributed by atoms with Crippen molar-refractivity contribution in [1.82, 2.24) is 14.5 Å². The minimum atomic E-state index is -0.0910. The first-order chi connectivity index (χ1) is 18.0. The Morgan fingerprint density at radius 2 is 1.49 bits per heavy atom. The molecule has 2 aliphatic heterocycles. The van der Waals surface area contributed by atoms with Gasteiger partial charge in [-0.3, -0.25) is 19.3 Å². The largest absolute Gasteiger partial charge is 0.314 e. The number of rotatable bonds is 4. The molecule has 2 aromatic carbocycles. The molecule has 37 heavy (non-hydrogen) atoms. The molecule has 3 aliphatic rings. The molecule has 0 bridgehead atoms. The van der Waals surface area contributed by atoms with Gasteiger partial charge in [0.1, 0.15) is 12.4 Å². The van der Waals surface area contributed by atoms with Crippen molar-refractivity contribution in [3.63, 3.8) is 0 Å². The average molecular weight is 497 g/mol. The summed E-state index contributed by atoms with van der Waals surface area (Å²) in [5, 5.41) is 2.30. The molecule has 1 aromatic heterocycles. The van der Waals surface area contributed by atoms with Crippen LogP contribution in [0.4, 0.5) is 0 Å². The number of hydrogen-bond acceptors (Lipinski definition) is 4. The third-order valence-corrected chi connectivity index (χ3v) is 8.52. The van der Waals surface area contributed by atoms with E-state index in [0.29, 0.717) is 17.9 Å². The van der Waals surface area contributed by atoms with Gasteiger partial charge in [-0.15, -0.1) is 0 Å². The molecule has 1 atom stereocenters. The van der Waals surface area contributed by atoms with Crippen LogP contribution in [0.3, 0.4) is 0 Å². The molecule has 0 saturated carbocycles. The molecule has 192 valence electrons. The number of piperidine rings is 1. The summed E-state index contributed by atoms with van der Waals surface area (Å²) in [6.45, 7) is 7.46. The van der Waals surface area contributed by atoms with Gasteiger partial charge in [-0.1, -0.05) is 55.0 Å². The molecule has 6 heteroatoms. The zero-order valence-electron chi connectivity index (χ0n) is 21.9. The lowest BCUT2D eigenvalue weighted by molar-refractivity contribution is 0.0548. The maximum Gasteiger partial charge on any atom is 0.274 e. The Morgan fingerprint density at radius 3 is 2.14 bits per heavy atom. The number of carbonyl (C=O) groups is 1. The normalized spacial score (nSPS) is 19.1. The number of carbonyl (C=O) groups excluding carboxylic acids is 1. The van der Waals surface area contributed by atoms with Gasteiger partial charge in [-0.05, 0) is 74.9 Å². The number of fused-ring (bicyclic) bond motifs is 3. The molecule has 1 aliphatic carbocycles. The van der Waals surface area contributed by atoms with E-state index in [1.165, 1.54) is 41.5 Å². The third-order valence-electron chi connectivity index (χ3n) is 8.52. The molecule has 0 N–H and O–H groups in total. The smallest absolute Gasteiger partial charge is 0.274 e. The van der Waals surface area contributed by atoms with Gasteiger partial charge < -0.3 is 9.80 Å². The van der Waals surface area contributed by atoms with E-state index in [0.717, 1.165) is 32.5 Å². The molecule has 0 spiro atoms. The van der Waals surface area contributed by atoms with Crippen LogP contribution in [-0.4, -0.2) is 52.7 Å². The Labute approximate surface area is 219 Å². The fourth-order valence-corrected chi connectivity index (χ4v) is 6.50. The van der Waals surface area contributed by atoms with Crippen LogP contribution in [-0.2, 0) is 12.8 Å². The minimum Gasteiger partial charge on any atom is -0.314 e. The van der Waals surface area contributed by atoms with Crippen LogP contribution < -0.4 is 10.4 Å². The first-order valence-corrected chi connectivity index (χ1v) is 13.7. The highest BCUT2D eigenvalue weighted by Gasteiger charge is 2.39. The molecular formula is C31H36N4O2. The molecule has 3 aromatic rings. The van der Waals surface area contributed by atoms with Gasteiger partial charge >= 0.3 is 0 Å². The van der Waals surface area contributed by atoms with Gasteiger partial charge in [-0.25, -0.2) is 0 Å². The van der Waals surface area contributed by atoms with E-state index in [1.807, 2.05) is 9.58 Å². The van der Waals surface area contributed by atoms with Crippen molar-refractivity contribution in [2.45, 2.75) is 58.0 Å². The van der Waals surface area contributed by atoms with Crippen LogP contribution in [0.5, 0.6) is 0 Å². The topological polar surface area (TPSA) is 48.8 Å². The Hall–Kier alpha value is -3.38. The number of aryl methyl sites for hydroxylation is 2. The Morgan fingerprint density at radius 1 is 0.865 bits per heavy atom. The molecule has 1 unspecified atom stereocenters. The van der Waals surface area contributed by atoms with E-state index >= 15 is 0 Å². The maximum atomic E-state index is 14.0. The molecule has 1 amide bonds. The lowest BCUT2D eigenvalue weighted by atomic mass is 9.94. The minimum absolute atomic E-state index is 0.0350. The van der Waals surface area contributed by atoms with Gasteiger partial charge in [0, 0.05) is 30.4 Å². The average Bonchev–Trinajstić information content (AvgIpc) is 3.08. The van der Waals surface area contributed by atoms with E-state index in [9.17, 15) is 9.59 Å². The summed E-state index contributed by atoms with van der Waals surface area (Å²) >= 11 is 0. The van der Waals surface area contributed by atoms with Crippen LogP contribution in [0, 0.1) is 6.92 Å². The summed E-state index contributed by atoms with van der Waals surface area (Å²) in [5.74, 6) is -0.0499. The molecule has 3 heterocycles. The van der Waals surface area contributed by atoms with Gasteiger partial charge in [0.05, 0.1) is 6.04 Å². The second kappa shape index (κ2) is 9.82. The molecule has 0 radical (unpaired) electrons. The number of amides is 1. The standard InChI is InChI=1S/C31H36N4O2/c1-22(20-32-17-8-3-9-18-32)33-21-35(34-19-16-28(36)23(2)29(34)31(33)37)30-26-12-6-4-10-24(26)14-15-25-11-5-7-13-27(25)30/h4-7,10-13,16,19,22,30H,3,8-9,14-15,17-18,20-21H2,1-2H3. The predicted octanol–water partition coefficient (Wildman–Crippen LogP) is 4.27. The van der Waals surface area contributed by atoms with Crippen LogP contribution in [0.1, 0.15) is 70.5 Å². The van der Waals surface area contributed by atoms with Crippen molar-refractivity contribution >= 4 is 5.91 Å². The van der Waals surface area contributed by atoms with Crippen molar-refractivity contribution in [3.8, 4) is 0 Å².